The Bertz CT molecular complexity index is 707. The molecule has 0 fully saturated rings. The van der Waals surface area contributed by atoms with E-state index in [4.69, 9.17) is 0 Å². The minimum absolute atomic E-state index is 0.0168. The molecule has 0 aliphatic rings. The number of aryl methyl sites for hydroxylation is 1. The quantitative estimate of drug-likeness (QED) is 0.659. The molecule has 4 nitrogen and oxygen atoms in total. The molecule has 0 saturated heterocycles. The number of nitrogens with zero attached hydrogens (tertiary/aromatic N) is 3. The van der Waals surface area contributed by atoms with E-state index in [-0.39, 0.29) is 11.7 Å². The van der Waals surface area contributed by atoms with E-state index in [9.17, 15) is 9.18 Å². The highest BCUT2D eigenvalue weighted by Crippen LogP contribution is 2.25. The molecule has 0 aromatic carbocycles. The second-order valence-electron chi connectivity index (χ2n) is 5.61. The summed E-state index contributed by atoms with van der Waals surface area (Å²) in [5, 5.41) is 0. The molecule has 2 aromatic rings. The lowest BCUT2D eigenvalue weighted by Crippen LogP contribution is -2.10. The van der Waals surface area contributed by atoms with E-state index < -0.39 is 5.82 Å². The van der Waals surface area contributed by atoms with Gasteiger partial charge in [-0.15, -0.1) is 0 Å². The lowest BCUT2D eigenvalue weighted by atomic mass is 9.95. The van der Waals surface area contributed by atoms with Gasteiger partial charge in [-0.1, -0.05) is 34.1 Å². The zero-order chi connectivity index (χ0) is 18.8. The van der Waals surface area contributed by atoms with Gasteiger partial charge in [0.05, 0.1) is 23.3 Å². The summed E-state index contributed by atoms with van der Waals surface area (Å²) in [6.07, 6.45) is 10.5. The Balaban J connectivity index is 0.00000151. The third-order valence-electron chi connectivity index (χ3n) is 3.83. The van der Waals surface area contributed by atoms with Crippen LogP contribution in [0.15, 0.2) is 30.9 Å². The fraction of sp³-hybridized carbons (Fsp3) is 0.450. The van der Waals surface area contributed by atoms with Crippen molar-refractivity contribution in [3.8, 4) is 11.3 Å². The van der Waals surface area contributed by atoms with Crippen molar-refractivity contribution in [2.45, 2.75) is 47.0 Å². The van der Waals surface area contributed by atoms with Gasteiger partial charge < -0.3 is 4.57 Å². The third-order valence-corrected chi connectivity index (χ3v) is 3.83. The van der Waals surface area contributed by atoms with Crippen molar-refractivity contribution in [2.24, 2.45) is 13.0 Å². The summed E-state index contributed by atoms with van der Waals surface area (Å²) in [6, 6.07) is 1.30. The van der Waals surface area contributed by atoms with Gasteiger partial charge in [-0.05, 0) is 31.1 Å². The number of carbonyl (C=O) groups excluding carboxylic acids is 1. The van der Waals surface area contributed by atoms with Gasteiger partial charge in [0.25, 0.3) is 0 Å². The van der Waals surface area contributed by atoms with Gasteiger partial charge in [0.2, 0.25) is 0 Å². The number of ketones is 1. The van der Waals surface area contributed by atoms with Crippen molar-refractivity contribution in [2.75, 3.05) is 0 Å². The number of imidazole rings is 1. The van der Waals surface area contributed by atoms with Crippen LogP contribution in [0, 0.1) is 11.7 Å². The topological polar surface area (TPSA) is 47.8 Å². The first-order valence-corrected chi connectivity index (χ1v) is 8.91. The minimum Gasteiger partial charge on any atom is -0.340 e. The fourth-order valence-corrected chi connectivity index (χ4v) is 2.57. The number of allylic oxidation sites excluding steroid dienone is 1. The van der Waals surface area contributed by atoms with E-state index in [1.807, 2.05) is 27.8 Å². The number of halogens is 1. The average Bonchev–Trinajstić information content (AvgIpc) is 3.05. The zero-order valence-electron chi connectivity index (χ0n) is 15.8. The van der Waals surface area contributed by atoms with E-state index in [1.54, 1.807) is 23.2 Å². The first kappa shape index (κ1) is 20.7. The Labute approximate surface area is 149 Å². The number of carbonyl (C=O) groups is 1. The van der Waals surface area contributed by atoms with Gasteiger partial charge in [-0.25, -0.2) is 9.37 Å². The highest BCUT2D eigenvalue weighted by Gasteiger charge is 2.15. The van der Waals surface area contributed by atoms with Crippen LogP contribution in [0.5, 0.6) is 0 Å². The maximum atomic E-state index is 14.2. The number of hydrogen-bond donors (Lipinski definition) is 0. The standard InChI is InChI=1S/C18H22FN3O.C2H6/c1-4-6-13(5-2)17(23)8-7-15-18(14(19)9-10-20-15)16-11-22(3)12-21-16;1-2/h7-13H,4-6H2,1-3H3;1-2H3/b8-7+;. The molecule has 0 N–H and O–H groups in total. The molecule has 2 aromatic heterocycles. The second-order valence-corrected chi connectivity index (χ2v) is 5.61. The number of hydrogen-bond acceptors (Lipinski definition) is 3. The first-order chi connectivity index (χ1) is 12.1. The molecular weight excluding hydrogens is 317 g/mol. The van der Waals surface area contributed by atoms with Crippen LogP contribution >= 0.6 is 0 Å². The van der Waals surface area contributed by atoms with Crippen molar-refractivity contribution in [1.82, 2.24) is 14.5 Å². The Morgan fingerprint density at radius 2 is 2.04 bits per heavy atom. The molecule has 1 unspecified atom stereocenters. The van der Waals surface area contributed by atoms with E-state index in [0.29, 0.717) is 17.0 Å². The zero-order valence-corrected chi connectivity index (χ0v) is 15.8. The molecule has 2 heterocycles. The van der Waals surface area contributed by atoms with Crippen molar-refractivity contribution < 1.29 is 9.18 Å². The minimum atomic E-state index is -0.397. The summed E-state index contributed by atoms with van der Waals surface area (Å²) in [4.78, 5) is 20.6. The molecule has 25 heavy (non-hydrogen) atoms. The van der Waals surface area contributed by atoms with Crippen molar-refractivity contribution in [3.63, 3.8) is 0 Å². The highest BCUT2D eigenvalue weighted by molar-refractivity contribution is 5.95. The third kappa shape index (κ3) is 5.62. The van der Waals surface area contributed by atoms with E-state index in [2.05, 4.69) is 16.9 Å². The van der Waals surface area contributed by atoms with Crippen LogP contribution in [0.3, 0.4) is 0 Å². The molecule has 0 radical (unpaired) electrons. The summed E-state index contributed by atoms with van der Waals surface area (Å²) < 4.78 is 16.0. The van der Waals surface area contributed by atoms with Gasteiger partial charge in [0.1, 0.15) is 5.82 Å². The Kier molecular flexibility index (Phi) is 8.75. The van der Waals surface area contributed by atoms with Gasteiger partial charge in [0, 0.05) is 25.4 Å². The number of pyridine rings is 1. The van der Waals surface area contributed by atoms with Crippen LogP contribution in [0.25, 0.3) is 17.3 Å². The van der Waals surface area contributed by atoms with E-state index in [0.717, 1.165) is 19.3 Å². The molecule has 136 valence electrons. The normalized spacial score (nSPS) is 11.9. The number of aromatic nitrogens is 3. The van der Waals surface area contributed by atoms with Gasteiger partial charge >= 0.3 is 0 Å². The maximum Gasteiger partial charge on any atom is 0.158 e. The SMILES string of the molecule is CC.CCCC(CC)C(=O)/C=C/c1nccc(F)c1-c1cn(C)cn1. The molecule has 2 rings (SSSR count). The maximum absolute atomic E-state index is 14.2. The first-order valence-electron chi connectivity index (χ1n) is 8.91. The van der Waals surface area contributed by atoms with Crippen molar-refractivity contribution in [1.29, 1.82) is 0 Å². The van der Waals surface area contributed by atoms with Gasteiger partial charge in [-0.2, -0.15) is 0 Å². The highest BCUT2D eigenvalue weighted by atomic mass is 19.1. The summed E-state index contributed by atoms with van der Waals surface area (Å²) in [6.45, 7) is 8.07. The molecule has 0 amide bonds. The fourth-order valence-electron chi connectivity index (χ4n) is 2.57. The Hall–Kier alpha value is -2.30. The van der Waals surface area contributed by atoms with Crippen LogP contribution in [0.2, 0.25) is 0 Å². The molecule has 1 atom stereocenters. The monoisotopic (exact) mass is 345 g/mol. The summed E-state index contributed by atoms with van der Waals surface area (Å²) in [5.74, 6) is -0.318. The molecule has 5 heteroatoms. The second kappa shape index (κ2) is 10.5. The van der Waals surface area contributed by atoms with Crippen LogP contribution in [0.1, 0.15) is 52.7 Å². The Morgan fingerprint density at radius 3 is 2.60 bits per heavy atom. The average molecular weight is 345 g/mol. The molecule has 0 aliphatic carbocycles. The smallest absolute Gasteiger partial charge is 0.158 e. The van der Waals surface area contributed by atoms with Crippen molar-refractivity contribution >= 4 is 11.9 Å². The van der Waals surface area contributed by atoms with Crippen LogP contribution in [-0.2, 0) is 11.8 Å². The lowest BCUT2D eigenvalue weighted by Gasteiger charge is -2.09. The van der Waals surface area contributed by atoms with Crippen molar-refractivity contribution in [3.05, 3.63) is 42.4 Å². The molecular formula is C20H28FN3O. The van der Waals surface area contributed by atoms with Crippen LogP contribution in [0.4, 0.5) is 4.39 Å². The van der Waals surface area contributed by atoms with Crippen LogP contribution < -0.4 is 0 Å². The molecule has 0 saturated carbocycles. The lowest BCUT2D eigenvalue weighted by molar-refractivity contribution is -0.118. The summed E-state index contributed by atoms with van der Waals surface area (Å²) >= 11 is 0. The van der Waals surface area contributed by atoms with Gasteiger partial charge in [0.15, 0.2) is 5.78 Å². The van der Waals surface area contributed by atoms with E-state index >= 15 is 0 Å². The predicted octanol–water partition coefficient (Wildman–Crippen LogP) is 5.06. The Morgan fingerprint density at radius 1 is 1.32 bits per heavy atom. The largest absolute Gasteiger partial charge is 0.340 e. The summed E-state index contributed by atoms with van der Waals surface area (Å²) in [5.41, 5.74) is 1.25. The molecule has 0 bridgehead atoms. The molecule has 0 spiro atoms. The predicted molar refractivity (Wildman–Crippen MR) is 100 cm³/mol. The van der Waals surface area contributed by atoms with E-state index in [1.165, 1.54) is 18.3 Å². The van der Waals surface area contributed by atoms with Crippen LogP contribution in [-0.4, -0.2) is 20.3 Å². The summed E-state index contributed by atoms with van der Waals surface area (Å²) in [7, 11) is 1.82. The number of rotatable bonds is 7. The molecule has 0 aliphatic heterocycles. The van der Waals surface area contributed by atoms with Gasteiger partial charge in [-0.3, -0.25) is 9.78 Å².